The third kappa shape index (κ3) is 3.66. The van der Waals surface area contributed by atoms with Gasteiger partial charge in [-0.05, 0) is 6.42 Å². The van der Waals surface area contributed by atoms with E-state index in [1.165, 1.54) is 0 Å². The molecule has 2 aliphatic heterocycles. The predicted molar refractivity (Wildman–Crippen MR) is 67.1 cm³/mol. The molecule has 2 heterocycles. The van der Waals surface area contributed by atoms with Gasteiger partial charge in [0.25, 0.3) is 0 Å². The minimum Gasteiger partial charge on any atom is -0.379 e. The molecular formula is C11H20N2O4S. The summed E-state index contributed by atoms with van der Waals surface area (Å²) in [7, 11) is -2.93. The molecule has 104 valence electrons. The van der Waals surface area contributed by atoms with Crippen LogP contribution in [0.2, 0.25) is 0 Å². The summed E-state index contributed by atoms with van der Waals surface area (Å²) in [6.07, 6.45) is 1.36. The summed E-state index contributed by atoms with van der Waals surface area (Å²) in [5.74, 6) is 0.328. The molecule has 0 aliphatic carbocycles. The number of rotatable bonds is 5. The first-order valence-electron chi connectivity index (χ1n) is 6.32. The molecule has 0 bridgehead atoms. The van der Waals surface area contributed by atoms with Gasteiger partial charge in [0.1, 0.15) is 0 Å². The van der Waals surface area contributed by atoms with E-state index in [1.54, 1.807) is 4.90 Å². The molecule has 0 aromatic carbocycles. The fraction of sp³-hybridized carbons (Fsp3) is 0.909. The Morgan fingerprint density at radius 1 is 1.33 bits per heavy atom. The molecule has 0 saturated carbocycles. The van der Waals surface area contributed by atoms with Crippen molar-refractivity contribution in [3.63, 3.8) is 0 Å². The van der Waals surface area contributed by atoms with E-state index >= 15 is 0 Å². The third-order valence-electron chi connectivity index (χ3n) is 3.59. The molecule has 2 fully saturated rings. The Morgan fingerprint density at radius 2 is 2.06 bits per heavy atom. The number of hydrogen-bond donors (Lipinski definition) is 0. The van der Waals surface area contributed by atoms with Crippen LogP contribution in [0.25, 0.3) is 0 Å². The average Bonchev–Trinajstić information content (AvgIpc) is 2.72. The summed E-state index contributed by atoms with van der Waals surface area (Å²) in [5, 5.41) is 0. The van der Waals surface area contributed by atoms with Gasteiger partial charge < -0.3 is 9.64 Å². The number of hydrogen-bond acceptors (Lipinski definition) is 5. The number of sulfone groups is 1. The summed E-state index contributed by atoms with van der Waals surface area (Å²) < 4.78 is 28.1. The first-order chi connectivity index (χ1) is 8.61. The largest absolute Gasteiger partial charge is 0.379 e. The summed E-state index contributed by atoms with van der Waals surface area (Å²) in [5.41, 5.74) is 0. The zero-order valence-electron chi connectivity index (χ0n) is 10.5. The van der Waals surface area contributed by atoms with Gasteiger partial charge in [-0.25, -0.2) is 8.42 Å². The van der Waals surface area contributed by atoms with Gasteiger partial charge in [-0.3, -0.25) is 9.69 Å². The maximum atomic E-state index is 11.4. The van der Waals surface area contributed by atoms with E-state index in [0.29, 0.717) is 13.0 Å². The van der Waals surface area contributed by atoms with Crippen LogP contribution in [0.3, 0.4) is 0 Å². The number of nitrogens with zero attached hydrogens (tertiary/aromatic N) is 2. The van der Waals surface area contributed by atoms with Crippen molar-refractivity contribution in [3.05, 3.63) is 0 Å². The van der Waals surface area contributed by atoms with Crippen molar-refractivity contribution in [3.8, 4) is 0 Å². The zero-order chi connectivity index (χ0) is 13.0. The molecule has 1 atom stereocenters. The molecule has 2 saturated heterocycles. The smallest absolute Gasteiger partial charge is 0.210 e. The van der Waals surface area contributed by atoms with Crippen LogP contribution in [0.15, 0.2) is 0 Å². The highest BCUT2D eigenvalue weighted by Crippen LogP contribution is 2.16. The van der Waals surface area contributed by atoms with E-state index in [-0.39, 0.29) is 17.5 Å². The Hall–Kier alpha value is -0.660. The van der Waals surface area contributed by atoms with Crippen LogP contribution < -0.4 is 0 Å². The standard InChI is InChI=1S/C11H20N2O4S/c14-10-13(11-1-8-18(15,16)9-11)3-2-12-4-6-17-7-5-12/h10-11H,1-9H2/t11-/m1/s1. The molecule has 18 heavy (non-hydrogen) atoms. The Balaban J connectivity index is 1.80. The Labute approximate surface area is 108 Å². The fourth-order valence-electron chi connectivity index (χ4n) is 2.44. The summed E-state index contributed by atoms with van der Waals surface area (Å²) in [6, 6.07) is -0.131. The van der Waals surface area contributed by atoms with Gasteiger partial charge in [-0.2, -0.15) is 0 Å². The van der Waals surface area contributed by atoms with Crippen molar-refractivity contribution in [2.45, 2.75) is 12.5 Å². The first kappa shape index (κ1) is 13.8. The predicted octanol–water partition coefficient (Wildman–Crippen LogP) is -1.04. The second-order valence-electron chi connectivity index (χ2n) is 4.85. The second-order valence-corrected chi connectivity index (χ2v) is 7.08. The van der Waals surface area contributed by atoms with Crippen molar-refractivity contribution in [2.24, 2.45) is 0 Å². The van der Waals surface area contributed by atoms with Crippen LogP contribution in [-0.4, -0.2) is 81.6 Å². The second kappa shape index (κ2) is 5.99. The Morgan fingerprint density at radius 3 is 2.61 bits per heavy atom. The molecule has 0 aromatic rings. The fourth-order valence-corrected chi connectivity index (χ4v) is 4.18. The van der Waals surface area contributed by atoms with Gasteiger partial charge in [0.05, 0.1) is 24.7 Å². The summed E-state index contributed by atoms with van der Waals surface area (Å²) >= 11 is 0. The van der Waals surface area contributed by atoms with E-state index in [1.807, 2.05) is 0 Å². The minimum atomic E-state index is -2.93. The lowest BCUT2D eigenvalue weighted by Crippen LogP contribution is -2.44. The monoisotopic (exact) mass is 276 g/mol. The van der Waals surface area contributed by atoms with Gasteiger partial charge in [0.15, 0.2) is 9.84 Å². The zero-order valence-corrected chi connectivity index (χ0v) is 11.3. The molecule has 0 N–H and O–H groups in total. The molecule has 2 rings (SSSR count). The SMILES string of the molecule is O=CN(CCN1CCOCC1)[C@@H]1CCS(=O)(=O)C1. The van der Waals surface area contributed by atoms with Crippen LogP contribution in [0.1, 0.15) is 6.42 Å². The summed E-state index contributed by atoms with van der Waals surface area (Å²) in [4.78, 5) is 14.9. The summed E-state index contributed by atoms with van der Waals surface area (Å²) in [6.45, 7) is 4.63. The molecule has 0 unspecified atom stereocenters. The van der Waals surface area contributed by atoms with Crippen molar-refractivity contribution < 1.29 is 17.9 Å². The average molecular weight is 276 g/mol. The van der Waals surface area contributed by atoms with Crippen LogP contribution >= 0.6 is 0 Å². The molecule has 0 spiro atoms. The number of amides is 1. The highest BCUT2D eigenvalue weighted by Gasteiger charge is 2.31. The number of carbonyl (C=O) groups excluding carboxylic acids is 1. The quantitative estimate of drug-likeness (QED) is 0.600. The van der Waals surface area contributed by atoms with Crippen molar-refractivity contribution in [1.29, 1.82) is 0 Å². The molecule has 7 heteroatoms. The van der Waals surface area contributed by atoms with Gasteiger partial charge in [0.2, 0.25) is 6.41 Å². The number of morpholine rings is 1. The third-order valence-corrected chi connectivity index (χ3v) is 5.34. The highest BCUT2D eigenvalue weighted by molar-refractivity contribution is 7.91. The van der Waals surface area contributed by atoms with E-state index < -0.39 is 9.84 Å². The van der Waals surface area contributed by atoms with Gasteiger partial charge in [0, 0.05) is 32.2 Å². The normalized spacial score (nSPS) is 28.1. The van der Waals surface area contributed by atoms with E-state index in [0.717, 1.165) is 39.3 Å². The van der Waals surface area contributed by atoms with E-state index in [9.17, 15) is 13.2 Å². The first-order valence-corrected chi connectivity index (χ1v) is 8.14. The Bertz CT molecular complexity index is 379. The van der Waals surface area contributed by atoms with Gasteiger partial charge in [-0.1, -0.05) is 0 Å². The van der Waals surface area contributed by atoms with Crippen molar-refractivity contribution in [1.82, 2.24) is 9.80 Å². The molecule has 1 amide bonds. The van der Waals surface area contributed by atoms with E-state index in [2.05, 4.69) is 4.90 Å². The maximum absolute atomic E-state index is 11.4. The lowest BCUT2D eigenvalue weighted by molar-refractivity contribution is -0.120. The number of carbonyl (C=O) groups is 1. The van der Waals surface area contributed by atoms with Gasteiger partial charge >= 0.3 is 0 Å². The van der Waals surface area contributed by atoms with Crippen LogP contribution in [0, 0.1) is 0 Å². The molecular weight excluding hydrogens is 256 g/mol. The molecule has 0 aromatic heterocycles. The highest BCUT2D eigenvalue weighted by atomic mass is 32.2. The topological polar surface area (TPSA) is 66.9 Å². The minimum absolute atomic E-state index is 0.120. The van der Waals surface area contributed by atoms with Crippen LogP contribution in [-0.2, 0) is 19.4 Å². The number of ether oxygens (including phenoxy) is 1. The van der Waals surface area contributed by atoms with E-state index in [4.69, 9.17) is 4.74 Å². The van der Waals surface area contributed by atoms with Crippen LogP contribution in [0.4, 0.5) is 0 Å². The maximum Gasteiger partial charge on any atom is 0.210 e. The van der Waals surface area contributed by atoms with Crippen LogP contribution in [0.5, 0.6) is 0 Å². The lowest BCUT2D eigenvalue weighted by Gasteiger charge is -2.30. The lowest BCUT2D eigenvalue weighted by atomic mass is 10.2. The molecule has 2 aliphatic rings. The molecule has 0 radical (unpaired) electrons. The molecule has 6 nitrogen and oxygen atoms in total. The van der Waals surface area contributed by atoms with Crippen molar-refractivity contribution in [2.75, 3.05) is 50.9 Å². The van der Waals surface area contributed by atoms with Gasteiger partial charge in [-0.15, -0.1) is 0 Å². The van der Waals surface area contributed by atoms with Crippen molar-refractivity contribution >= 4 is 16.2 Å². The Kier molecular flexibility index (Phi) is 4.58.